The van der Waals surface area contributed by atoms with Crippen molar-refractivity contribution in [3.05, 3.63) is 72.9 Å². The summed E-state index contributed by atoms with van der Waals surface area (Å²) in [6.45, 7) is 1.43. The van der Waals surface area contributed by atoms with E-state index >= 15 is 0 Å². The predicted molar refractivity (Wildman–Crippen MR) is 236 cm³/mol. The van der Waals surface area contributed by atoms with Gasteiger partial charge in [-0.05, 0) is 70.6 Å². The van der Waals surface area contributed by atoms with Gasteiger partial charge in [0.15, 0.2) is 6.10 Å². The van der Waals surface area contributed by atoms with Gasteiger partial charge in [-0.1, -0.05) is 138 Å². The Balaban J connectivity index is 4.68. The van der Waals surface area contributed by atoms with Gasteiger partial charge in [0.05, 0.1) is 25.9 Å². The van der Waals surface area contributed by atoms with Crippen molar-refractivity contribution in [1.29, 1.82) is 0 Å². The largest absolute Gasteiger partial charge is 0.472 e. The Hall–Kier alpha value is -2.48. The summed E-state index contributed by atoms with van der Waals surface area (Å²) < 4.78 is 47.6. The van der Waals surface area contributed by atoms with Crippen LogP contribution in [0.5, 0.6) is 0 Å². The smallest absolute Gasteiger partial charge is 0.462 e. The zero-order chi connectivity index (χ0) is 44.6. The van der Waals surface area contributed by atoms with Crippen LogP contribution in [0.1, 0.15) is 149 Å². The van der Waals surface area contributed by atoms with Gasteiger partial charge in [0, 0.05) is 12.8 Å². The molecule has 0 aromatic heterocycles. The summed E-state index contributed by atoms with van der Waals surface area (Å²) in [6, 6.07) is 0. The number of allylic oxidation sites excluding steroid dienone is 10. The van der Waals surface area contributed by atoms with Crippen LogP contribution < -0.4 is 0 Å². The van der Waals surface area contributed by atoms with Crippen molar-refractivity contribution in [1.82, 2.24) is 0 Å². The van der Waals surface area contributed by atoms with Crippen LogP contribution in [0.4, 0.5) is 0 Å². The third-order valence-corrected chi connectivity index (χ3v) is 10.1. The topological polar surface area (TPSA) is 216 Å². The van der Waals surface area contributed by atoms with Crippen LogP contribution in [-0.2, 0) is 41.8 Å². The first-order chi connectivity index (χ1) is 28.8. The molecule has 5 N–H and O–H groups in total. The second-order valence-electron chi connectivity index (χ2n) is 14.4. The summed E-state index contributed by atoms with van der Waals surface area (Å²) in [5.74, 6) is -1.15. The summed E-state index contributed by atoms with van der Waals surface area (Å²) in [5, 5.41) is 19.6. The third-order valence-electron chi connectivity index (χ3n) is 8.65. The first-order valence-electron chi connectivity index (χ1n) is 21.7. The van der Waals surface area contributed by atoms with Gasteiger partial charge >= 0.3 is 27.6 Å². The van der Waals surface area contributed by atoms with Crippen LogP contribution in [0, 0.1) is 0 Å². The molecule has 0 aliphatic heterocycles. The molecule has 0 saturated heterocycles. The monoisotopic (exact) mass is 890 g/mol. The Kier molecular flexibility index (Phi) is 37.7. The SMILES string of the molecule is CC/C=C/CC(O)/C=C/C=C/CCCCCCCC(=O)O[C@H](COC(=O)CCC/C=C\C/C=C\C/C=C\CCCCCCCC)COP(=O)(O)OC[C@@H](O)COP(=O)(O)O. The number of unbranched alkanes of at least 4 members (excludes halogenated alkanes) is 12. The van der Waals surface area contributed by atoms with E-state index in [4.69, 9.17) is 23.8 Å². The van der Waals surface area contributed by atoms with E-state index in [1.54, 1.807) is 6.08 Å². The number of ether oxygens (including phenoxy) is 2. The fourth-order valence-electron chi connectivity index (χ4n) is 5.34. The molecule has 346 valence electrons. The number of esters is 2. The molecule has 60 heavy (non-hydrogen) atoms. The molecule has 0 fully saturated rings. The van der Waals surface area contributed by atoms with Gasteiger partial charge < -0.3 is 34.4 Å². The summed E-state index contributed by atoms with van der Waals surface area (Å²) in [5.41, 5.74) is 0. The lowest BCUT2D eigenvalue weighted by atomic mass is 10.1. The predicted octanol–water partition coefficient (Wildman–Crippen LogP) is 9.98. The van der Waals surface area contributed by atoms with Crippen LogP contribution in [0.15, 0.2) is 72.9 Å². The summed E-state index contributed by atoms with van der Waals surface area (Å²) >= 11 is 0. The Bertz CT molecular complexity index is 1350. The molecule has 2 unspecified atom stereocenters. The van der Waals surface area contributed by atoms with Crippen LogP contribution in [0.2, 0.25) is 0 Å². The minimum absolute atomic E-state index is 0.0709. The molecule has 0 saturated carbocycles. The van der Waals surface area contributed by atoms with Crippen molar-refractivity contribution in [3.63, 3.8) is 0 Å². The number of phosphoric acid groups is 2. The second kappa shape index (κ2) is 39.4. The van der Waals surface area contributed by atoms with Crippen molar-refractivity contribution in [2.24, 2.45) is 0 Å². The van der Waals surface area contributed by atoms with E-state index in [1.807, 2.05) is 49.5 Å². The maximum absolute atomic E-state index is 12.6. The first kappa shape index (κ1) is 57.5. The second-order valence-corrected chi connectivity index (χ2v) is 17.1. The molecule has 14 nitrogen and oxygen atoms in total. The summed E-state index contributed by atoms with van der Waals surface area (Å²) in [7, 11) is -9.72. The number of aliphatic hydroxyl groups excluding tert-OH is 2. The van der Waals surface area contributed by atoms with E-state index < -0.39 is 72.3 Å². The zero-order valence-electron chi connectivity index (χ0n) is 36.1. The summed E-state index contributed by atoms with van der Waals surface area (Å²) in [4.78, 5) is 52.6. The van der Waals surface area contributed by atoms with E-state index in [0.717, 1.165) is 57.8 Å². The van der Waals surface area contributed by atoms with Crippen molar-refractivity contribution in [3.8, 4) is 0 Å². The number of aliphatic hydroxyl groups is 2. The first-order valence-corrected chi connectivity index (χ1v) is 24.8. The van der Waals surface area contributed by atoms with Gasteiger partial charge in [-0.15, -0.1) is 0 Å². The Labute approximate surface area is 359 Å². The average Bonchev–Trinajstić information content (AvgIpc) is 3.20. The molecule has 0 spiro atoms. The number of phosphoric ester groups is 2. The molecule has 0 aliphatic rings. The Morgan fingerprint density at radius 1 is 0.567 bits per heavy atom. The lowest BCUT2D eigenvalue weighted by molar-refractivity contribution is -0.161. The maximum atomic E-state index is 12.6. The molecule has 0 aromatic carbocycles. The molecule has 4 atom stereocenters. The van der Waals surface area contributed by atoms with Crippen LogP contribution >= 0.6 is 15.6 Å². The van der Waals surface area contributed by atoms with Crippen molar-refractivity contribution < 1.29 is 66.7 Å². The normalized spacial score (nSPS) is 15.2. The Morgan fingerprint density at radius 3 is 1.77 bits per heavy atom. The molecule has 0 amide bonds. The highest BCUT2D eigenvalue weighted by Crippen LogP contribution is 2.43. The lowest BCUT2D eigenvalue weighted by Crippen LogP contribution is -2.30. The van der Waals surface area contributed by atoms with Crippen molar-refractivity contribution in [2.75, 3.05) is 26.4 Å². The molecule has 0 radical (unpaired) electrons. The number of hydrogen-bond donors (Lipinski definition) is 5. The van der Waals surface area contributed by atoms with Gasteiger partial charge in [0.2, 0.25) is 0 Å². The van der Waals surface area contributed by atoms with Crippen LogP contribution in [-0.4, -0.2) is 81.6 Å². The van der Waals surface area contributed by atoms with Gasteiger partial charge in [-0.2, -0.15) is 0 Å². The lowest BCUT2D eigenvalue weighted by Gasteiger charge is -2.20. The van der Waals surface area contributed by atoms with E-state index in [0.29, 0.717) is 25.7 Å². The molecule has 0 bridgehead atoms. The number of carbonyl (C=O) groups excluding carboxylic acids is 2. The third kappa shape index (κ3) is 42.2. The molecule has 0 rings (SSSR count). The molecule has 0 aliphatic carbocycles. The summed E-state index contributed by atoms with van der Waals surface area (Å²) in [6.07, 6.45) is 39.5. The molecule has 0 heterocycles. The average molecular weight is 891 g/mol. The Morgan fingerprint density at radius 2 is 1.12 bits per heavy atom. The fourth-order valence-corrected chi connectivity index (χ4v) is 6.50. The van der Waals surface area contributed by atoms with Crippen LogP contribution in [0.3, 0.4) is 0 Å². The number of carbonyl (C=O) groups is 2. The highest BCUT2D eigenvalue weighted by Gasteiger charge is 2.28. The molecular weight excluding hydrogens is 814 g/mol. The van der Waals surface area contributed by atoms with Crippen LogP contribution in [0.25, 0.3) is 0 Å². The molecule has 16 heteroatoms. The standard InChI is InChI=1S/C44H76O14P2/c1-3-5-7-8-9-10-11-12-13-14-15-16-17-20-23-26-30-34-43(47)54-38-42(39-57-60(52,53)56-37-41(46)36-55-59(49,50)51)58-44(48)35-31-27-24-21-18-19-22-25-29-33-40(45)32-28-6-4-2/h6,12-13,15-16,20,22-23,25,28-29,33,40-42,45-46H,3-5,7-11,14,17-19,21,24,26-27,30-32,34-39H2,1-2H3,(H,52,53)(H2,49,50,51)/b13-12-,16-15-,23-20-,25-22+,28-6+,33-29+/t40?,41-,42+/m0/s1. The minimum atomic E-state index is -4.88. The number of hydrogen-bond acceptors (Lipinski definition) is 11. The van der Waals surface area contributed by atoms with E-state index in [2.05, 4.69) is 40.3 Å². The fraction of sp³-hybridized carbons (Fsp3) is 0.682. The van der Waals surface area contributed by atoms with Gasteiger partial charge in [-0.3, -0.25) is 23.2 Å². The molecule has 0 aromatic rings. The highest BCUT2D eigenvalue weighted by molar-refractivity contribution is 7.47. The van der Waals surface area contributed by atoms with E-state index in [9.17, 15) is 33.8 Å². The van der Waals surface area contributed by atoms with Crippen molar-refractivity contribution in [2.45, 2.75) is 167 Å². The van der Waals surface area contributed by atoms with Crippen molar-refractivity contribution >= 4 is 27.6 Å². The van der Waals surface area contributed by atoms with E-state index in [1.165, 1.54) is 38.5 Å². The van der Waals surface area contributed by atoms with Gasteiger partial charge in [0.25, 0.3) is 0 Å². The van der Waals surface area contributed by atoms with E-state index in [-0.39, 0.29) is 12.8 Å². The zero-order valence-corrected chi connectivity index (χ0v) is 37.9. The van der Waals surface area contributed by atoms with Gasteiger partial charge in [-0.25, -0.2) is 9.13 Å². The quantitative estimate of drug-likeness (QED) is 0.0127. The van der Waals surface area contributed by atoms with Gasteiger partial charge in [0.1, 0.15) is 12.7 Å². The maximum Gasteiger partial charge on any atom is 0.472 e. The molecular formula is C44H76O14P2. The highest BCUT2D eigenvalue weighted by atomic mass is 31.2. The number of rotatable bonds is 40. The minimum Gasteiger partial charge on any atom is -0.462 e.